The molecule has 3 nitrogen and oxygen atoms in total. The minimum Gasteiger partial charge on any atom is -0.444 e. The molecule has 0 bridgehead atoms. The maximum atomic E-state index is 11.8. The maximum Gasteiger partial charge on any atom is 0.407 e. The van der Waals surface area contributed by atoms with E-state index in [9.17, 15) is 4.79 Å². The van der Waals surface area contributed by atoms with Crippen LogP contribution in [0.1, 0.15) is 49.4 Å². The Morgan fingerprint density at radius 3 is 2.40 bits per heavy atom. The van der Waals surface area contributed by atoms with Crippen molar-refractivity contribution in [1.82, 2.24) is 5.32 Å². The molecule has 0 radical (unpaired) electrons. The molecule has 20 heavy (non-hydrogen) atoms. The van der Waals surface area contributed by atoms with Gasteiger partial charge in [-0.2, -0.15) is 0 Å². The molecule has 0 fully saturated rings. The van der Waals surface area contributed by atoms with Crippen molar-refractivity contribution in [1.29, 1.82) is 0 Å². The van der Waals surface area contributed by atoms with Crippen molar-refractivity contribution in [2.75, 3.05) is 0 Å². The third-order valence-corrected chi connectivity index (χ3v) is 3.77. The van der Waals surface area contributed by atoms with E-state index in [2.05, 4.69) is 31.3 Å². The number of carbonyl (C=O) groups excluding carboxylic acids is 1. The average Bonchev–Trinajstić information content (AvgIpc) is 2.28. The lowest BCUT2D eigenvalue weighted by Gasteiger charge is -2.28. The highest BCUT2D eigenvalue weighted by molar-refractivity contribution is 5.68. The molecule has 0 saturated carbocycles. The molecule has 3 heteroatoms. The zero-order chi connectivity index (χ0) is 14.9. The fraction of sp³-hybridized carbons (Fsp3) is 0.588. The molecule has 0 aromatic heterocycles. The second-order valence-electron chi connectivity index (χ2n) is 6.79. The summed E-state index contributed by atoms with van der Waals surface area (Å²) in [5, 5.41) is 2.99. The smallest absolute Gasteiger partial charge is 0.407 e. The molecule has 1 atom stereocenters. The molecule has 1 unspecified atom stereocenters. The van der Waals surface area contributed by atoms with Crippen LogP contribution < -0.4 is 5.32 Å². The number of carbonyl (C=O) groups is 1. The second kappa shape index (κ2) is 5.47. The second-order valence-corrected chi connectivity index (χ2v) is 6.79. The molecule has 1 N–H and O–H groups in total. The highest BCUT2D eigenvalue weighted by atomic mass is 16.6. The lowest BCUT2D eigenvalue weighted by atomic mass is 9.86. The van der Waals surface area contributed by atoms with E-state index in [-0.39, 0.29) is 12.1 Å². The Hall–Kier alpha value is -1.51. The van der Waals surface area contributed by atoms with Crippen LogP contribution in [0.15, 0.2) is 12.1 Å². The Kier molecular flexibility index (Phi) is 4.07. The zero-order valence-electron chi connectivity index (χ0n) is 13.2. The summed E-state index contributed by atoms with van der Waals surface area (Å²) in [6.45, 7) is 9.94. The summed E-state index contributed by atoms with van der Waals surface area (Å²) in [5.41, 5.74) is 5.02. The van der Waals surface area contributed by atoms with E-state index < -0.39 is 5.60 Å². The molecule has 1 aromatic carbocycles. The molecular formula is C17H25NO2. The number of aryl methyl sites for hydroxylation is 3. The SMILES string of the molecule is Cc1cc2c(cc1C)CC(NC(=O)OC(C)(C)C)CC2. The fourth-order valence-corrected chi connectivity index (χ4v) is 2.65. The van der Waals surface area contributed by atoms with Crippen molar-refractivity contribution in [2.45, 2.75) is 65.5 Å². The number of hydrogen-bond acceptors (Lipinski definition) is 2. The summed E-state index contributed by atoms with van der Waals surface area (Å²) < 4.78 is 5.32. The first kappa shape index (κ1) is 14.9. The number of nitrogens with one attached hydrogen (secondary N) is 1. The first-order valence-electron chi connectivity index (χ1n) is 7.33. The van der Waals surface area contributed by atoms with Gasteiger partial charge in [0, 0.05) is 6.04 Å². The molecule has 1 aliphatic carbocycles. The summed E-state index contributed by atoms with van der Waals surface area (Å²) in [5.74, 6) is 0. The Bertz CT molecular complexity index is 514. The third-order valence-electron chi connectivity index (χ3n) is 3.77. The number of rotatable bonds is 1. The Balaban J connectivity index is 2.01. The largest absolute Gasteiger partial charge is 0.444 e. The van der Waals surface area contributed by atoms with Crippen LogP contribution in [0.25, 0.3) is 0 Å². The van der Waals surface area contributed by atoms with Crippen molar-refractivity contribution >= 4 is 6.09 Å². The van der Waals surface area contributed by atoms with E-state index >= 15 is 0 Å². The van der Waals surface area contributed by atoms with E-state index in [1.165, 1.54) is 22.3 Å². The maximum absolute atomic E-state index is 11.8. The molecule has 0 heterocycles. The van der Waals surface area contributed by atoms with Crippen LogP contribution in [0, 0.1) is 13.8 Å². The number of alkyl carbamates (subject to hydrolysis) is 1. The average molecular weight is 275 g/mol. The van der Waals surface area contributed by atoms with Gasteiger partial charge < -0.3 is 10.1 Å². The summed E-state index contributed by atoms with van der Waals surface area (Å²) >= 11 is 0. The monoisotopic (exact) mass is 275 g/mol. The first-order chi connectivity index (χ1) is 9.24. The minimum absolute atomic E-state index is 0.180. The topological polar surface area (TPSA) is 38.3 Å². The molecule has 110 valence electrons. The number of benzene rings is 1. The van der Waals surface area contributed by atoms with Crippen LogP contribution in [-0.2, 0) is 17.6 Å². The lowest BCUT2D eigenvalue weighted by Crippen LogP contribution is -2.41. The van der Waals surface area contributed by atoms with Gasteiger partial charge in [0.25, 0.3) is 0 Å². The Morgan fingerprint density at radius 1 is 1.20 bits per heavy atom. The molecular weight excluding hydrogens is 250 g/mol. The van der Waals surface area contributed by atoms with Crippen molar-refractivity contribution in [3.8, 4) is 0 Å². The van der Waals surface area contributed by atoms with Gasteiger partial charge in [0.15, 0.2) is 0 Å². The molecule has 1 aliphatic rings. The number of ether oxygens (including phenoxy) is 1. The quantitative estimate of drug-likeness (QED) is 0.849. The standard InChI is InChI=1S/C17H25NO2/c1-11-8-13-6-7-15(10-14(13)9-12(11)2)18-16(19)20-17(3,4)5/h8-9,15H,6-7,10H2,1-5H3,(H,18,19). The summed E-state index contributed by atoms with van der Waals surface area (Å²) in [6.07, 6.45) is 2.59. The van der Waals surface area contributed by atoms with E-state index in [0.29, 0.717) is 0 Å². The van der Waals surface area contributed by atoms with Gasteiger partial charge >= 0.3 is 6.09 Å². The van der Waals surface area contributed by atoms with Gasteiger partial charge in [-0.25, -0.2) is 4.79 Å². The van der Waals surface area contributed by atoms with Crippen molar-refractivity contribution in [3.05, 3.63) is 34.4 Å². The van der Waals surface area contributed by atoms with Gasteiger partial charge in [-0.1, -0.05) is 12.1 Å². The van der Waals surface area contributed by atoms with Crippen LogP contribution in [0.4, 0.5) is 4.79 Å². The number of hydrogen-bond donors (Lipinski definition) is 1. The van der Waals surface area contributed by atoms with Crippen molar-refractivity contribution in [3.63, 3.8) is 0 Å². The number of amides is 1. The molecule has 1 aromatic rings. The van der Waals surface area contributed by atoms with E-state index in [0.717, 1.165) is 19.3 Å². The van der Waals surface area contributed by atoms with Crippen molar-refractivity contribution < 1.29 is 9.53 Å². The number of fused-ring (bicyclic) bond motifs is 1. The molecule has 0 aliphatic heterocycles. The van der Waals surface area contributed by atoms with Gasteiger partial charge in [0.2, 0.25) is 0 Å². The van der Waals surface area contributed by atoms with Crippen LogP contribution >= 0.6 is 0 Å². The molecule has 0 spiro atoms. The zero-order valence-corrected chi connectivity index (χ0v) is 13.2. The van der Waals surface area contributed by atoms with Gasteiger partial charge in [-0.05, 0) is 76.1 Å². The van der Waals surface area contributed by atoms with E-state index in [1.807, 2.05) is 20.8 Å². The third kappa shape index (κ3) is 3.75. The van der Waals surface area contributed by atoms with Crippen LogP contribution in [0.3, 0.4) is 0 Å². The highest BCUT2D eigenvalue weighted by Crippen LogP contribution is 2.25. The molecule has 1 amide bonds. The predicted octanol–water partition coefficient (Wildman–Crippen LogP) is 3.69. The Morgan fingerprint density at radius 2 is 1.80 bits per heavy atom. The van der Waals surface area contributed by atoms with Gasteiger partial charge in [-0.3, -0.25) is 0 Å². The normalized spacial score (nSPS) is 18.4. The van der Waals surface area contributed by atoms with Crippen molar-refractivity contribution in [2.24, 2.45) is 0 Å². The summed E-state index contributed by atoms with van der Waals surface area (Å²) in [4.78, 5) is 11.8. The summed E-state index contributed by atoms with van der Waals surface area (Å²) in [6, 6.07) is 4.72. The molecule has 2 rings (SSSR count). The van der Waals surface area contributed by atoms with Crippen LogP contribution in [0.5, 0.6) is 0 Å². The van der Waals surface area contributed by atoms with Crippen LogP contribution in [-0.4, -0.2) is 17.7 Å². The lowest BCUT2D eigenvalue weighted by molar-refractivity contribution is 0.0500. The van der Waals surface area contributed by atoms with Gasteiger partial charge in [-0.15, -0.1) is 0 Å². The molecule has 0 saturated heterocycles. The van der Waals surface area contributed by atoms with Crippen LogP contribution in [0.2, 0.25) is 0 Å². The van der Waals surface area contributed by atoms with Gasteiger partial charge in [0.1, 0.15) is 5.60 Å². The van der Waals surface area contributed by atoms with Gasteiger partial charge in [0.05, 0.1) is 0 Å². The minimum atomic E-state index is -0.440. The summed E-state index contributed by atoms with van der Waals surface area (Å²) in [7, 11) is 0. The Labute approximate surface area is 121 Å². The highest BCUT2D eigenvalue weighted by Gasteiger charge is 2.23. The predicted molar refractivity (Wildman–Crippen MR) is 81.1 cm³/mol. The fourth-order valence-electron chi connectivity index (χ4n) is 2.65. The first-order valence-corrected chi connectivity index (χ1v) is 7.33. The van der Waals surface area contributed by atoms with E-state index in [4.69, 9.17) is 4.74 Å². The van der Waals surface area contributed by atoms with E-state index in [1.54, 1.807) is 0 Å².